The molecule has 0 spiro atoms. The highest BCUT2D eigenvalue weighted by Gasteiger charge is 2.14. The van der Waals surface area contributed by atoms with Gasteiger partial charge in [0.05, 0.1) is 27.3 Å². The number of pyridine rings is 1. The Morgan fingerprint density at radius 1 is 1.14 bits per heavy atom. The van der Waals surface area contributed by atoms with Gasteiger partial charge in [-0.15, -0.1) is 11.3 Å². The van der Waals surface area contributed by atoms with Crippen LogP contribution in [0.3, 0.4) is 0 Å². The maximum Gasteiger partial charge on any atom is 0.115 e. The minimum atomic E-state index is 0.675. The summed E-state index contributed by atoms with van der Waals surface area (Å²) in [6, 6.07) is 12.2. The van der Waals surface area contributed by atoms with Crippen LogP contribution in [0, 0.1) is 12.8 Å². The fraction of sp³-hybridized carbons (Fsp3) is 0.235. The summed E-state index contributed by atoms with van der Waals surface area (Å²) in [5.74, 6) is 0.682. The number of piperidine rings is 1. The number of aromatic nitrogens is 3. The van der Waals surface area contributed by atoms with E-state index in [1.807, 2.05) is 48.8 Å². The zero-order valence-electron chi connectivity index (χ0n) is 24.2. The molecule has 0 radical (unpaired) electrons. The minimum Gasteiger partial charge on any atom is -0.358 e. The van der Waals surface area contributed by atoms with Crippen molar-refractivity contribution in [2.24, 2.45) is 5.92 Å². The monoisotopic (exact) mass is 596 g/mol. The van der Waals surface area contributed by atoms with Gasteiger partial charge in [-0.1, -0.05) is 49.5 Å². The summed E-state index contributed by atoms with van der Waals surface area (Å²) in [7, 11) is 0. The van der Waals surface area contributed by atoms with Crippen molar-refractivity contribution in [2.75, 3.05) is 23.7 Å². The average Bonchev–Trinajstić information content (AvgIpc) is 3.58. The van der Waals surface area contributed by atoms with E-state index in [0.29, 0.717) is 17.3 Å². The van der Waals surface area contributed by atoms with E-state index >= 15 is 0 Å². The predicted molar refractivity (Wildman–Crippen MR) is 181 cm³/mol. The number of anilines is 2. The molecule has 1 fully saturated rings. The first-order valence-corrected chi connectivity index (χ1v) is 15.3. The molecular formula is C34H37ClN6S. The molecule has 6 nitrogen and oxygen atoms in total. The van der Waals surface area contributed by atoms with Crippen molar-refractivity contribution in [3.63, 3.8) is 0 Å². The maximum absolute atomic E-state index is 6.17. The van der Waals surface area contributed by atoms with E-state index < -0.39 is 0 Å². The van der Waals surface area contributed by atoms with Crippen molar-refractivity contribution in [3.8, 4) is 10.4 Å². The molecule has 1 aliphatic heterocycles. The Hall–Kier alpha value is -3.91. The smallest absolute Gasteiger partial charge is 0.115 e. The van der Waals surface area contributed by atoms with E-state index in [2.05, 4.69) is 76.8 Å². The number of rotatable bonds is 10. The zero-order chi connectivity index (χ0) is 29.6. The quantitative estimate of drug-likeness (QED) is 0.156. The van der Waals surface area contributed by atoms with Gasteiger partial charge >= 0.3 is 0 Å². The molecule has 3 aromatic heterocycles. The lowest BCUT2D eigenvalue weighted by atomic mass is 9.93. The normalized spacial score (nSPS) is 14.6. The molecule has 4 heterocycles. The third-order valence-corrected chi connectivity index (χ3v) is 8.92. The number of benzene rings is 1. The van der Waals surface area contributed by atoms with Gasteiger partial charge in [0.1, 0.15) is 5.69 Å². The molecule has 0 atom stereocenters. The fourth-order valence-electron chi connectivity index (χ4n) is 5.20. The first-order chi connectivity index (χ1) is 20.3. The predicted octanol–water partition coefficient (Wildman–Crippen LogP) is 7.19. The van der Waals surface area contributed by atoms with Crippen LogP contribution in [0.5, 0.6) is 0 Å². The second-order valence-corrected chi connectivity index (χ2v) is 12.5. The van der Waals surface area contributed by atoms with Crippen LogP contribution < -0.4 is 26.5 Å². The molecule has 0 bridgehead atoms. The first kappa shape index (κ1) is 29.6. The van der Waals surface area contributed by atoms with Gasteiger partial charge in [0, 0.05) is 27.7 Å². The minimum absolute atomic E-state index is 0.675. The van der Waals surface area contributed by atoms with Crippen molar-refractivity contribution in [3.05, 3.63) is 105 Å². The van der Waals surface area contributed by atoms with Crippen LogP contribution in [0.4, 0.5) is 11.4 Å². The number of nitrogens with one attached hydrogen (secondary N) is 4. The van der Waals surface area contributed by atoms with Crippen LogP contribution >= 0.6 is 22.9 Å². The molecule has 5 rings (SSSR count). The zero-order valence-corrected chi connectivity index (χ0v) is 25.8. The summed E-state index contributed by atoms with van der Waals surface area (Å²) in [5, 5.41) is 19.5. The van der Waals surface area contributed by atoms with Gasteiger partial charge in [-0.05, 0) is 105 Å². The lowest BCUT2D eigenvalue weighted by molar-refractivity contribution is 0.373. The lowest BCUT2D eigenvalue weighted by Gasteiger charge is -2.23. The number of allylic oxidation sites excluding steroid dienone is 3. The Morgan fingerprint density at radius 3 is 2.71 bits per heavy atom. The standard InChI is InChI=1S/C34H37ClN6S/c1-21(27-18-28(20-37-19-27)38-22(2)17-26-13-15-36-16-14-26)9-10-31-24(4)34(41-40-31)25(5)39-30-8-6-7-29(23(30)3)32-11-12-33(35)42-32/h6-12,18-20,26,36,38-40H,2,4-5,13-17H2,1,3H3/b21-9+,31-10+. The van der Waals surface area contributed by atoms with E-state index in [4.69, 9.17) is 11.6 Å². The highest BCUT2D eigenvalue weighted by atomic mass is 35.5. The largest absolute Gasteiger partial charge is 0.358 e. The highest BCUT2D eigenvalue weighted by molar-refractivity contribution is 7.19. The van der Waals surface area contributed by atoms with Crippen LogP contribution in [-0.2, 0) is 0 Å². The topological polar surface area (TPSA) is 77.7 Å². The van der Waals surface area contributed by atoms with Crippen LogP contribution in [0.2, 0.25) is 4.34 Å². The molecule has 1 saturated heterocycles. The molecule has 0 unspecified atom stereocenters. The van der Waals surface area contributed by atoms with Crippen LogP contribution in [0.15, 0.2) is 73.7 Å². The number of hydrogen-bond acceptors (Lipinski definition) is 6. The SMILES string of the molecule is C=C(CC1CCNCC1)Nc1cncc(/C(C)=C/C=c2/[nH]nc(C(=C)Nc3cccc(-c4ccc(Cl)s4)c3C)c2=C)c1. The number of thiophene rings is 1. The number of nitrogens with zero attached hydrogens (tertiary/aromatic N) is 2. The van der Waals surface area contributed by atoms with Gasteiger partial charge in [-0.25, -0.2) is 0 Å². The van der Waals surface area contributed by atoms with Crippen molar-refractivity contribution in [2.45, 2.75) is 33.1 Å². The fourth-order valence-corrected chi connectivity index (χ4v) is 6.33. The number of H-pyrrole nitrogens is 1. The van der Waals surface area contributed by atoms with Crippen molar-refractivity contribution < 1.29 is 0 Å². The van der Waals surface area contributed by atoms with E-state index in [-0.39, 0.29) is 0 Å². The molecule has 8 heteroatoms. The summed E-state index contributed by atoms with van der Waals surface area (Å²) < 4.78 is 0.771. The molecule has 1 aromatic carbocycles. The summed E-state index contributed by atoms with van der Waals surface area (Å²) in [6.07, 6.45) is 11.1. The van der Waals surface area contributed by atoms with Crippen molar-refractivity contribution in [1.82, 2.24) is 20.5 Å². The van der Waals surface area contributed by atoms with Crippen molar-refractivity contribution in [1.29, 1.82) is 0 Å². The Balaban J connectivity index is 1.27. The second-order valence-electron chi connectivity index (χ2n) is 10.8. The molecular weight excluding hydrogens is 560 g/mol. The number of hydrogen-bond donors (Lipinski definition) is 4. The Kier molecular flexibility index (Phi) is 9.42. The van der Waals surface area contributed by atoms with Gasteiger partial charge < -0.3 is 16.0 Å². The van der Waals surface area contributed by atoms with Gasteiger partial charge in [0.15, 0.2) is 0 Å². The van der Waals surface area contributed by atoms with Gasteiger partial charge in [-0.2, -0.15) is 5.10 Å². The summed E-state index contributed by atoms with van der Waals surface area (Å²) in [4.78, 5) is 5.58. The van der Waals surface area contributed by atoms with E-state index in [1.54, 1.807) is 11.3 Å². The highest BCUT2D eigenvalue weighted by Crippen LogP contribution is 2.35. The van der Waals surface area contributed by atoms with Gasteiger partial charge in [-0.3, -0.25) is 10.1 Å². The second kappa shape index (κ2) is 13.4. The molecule has 1 aliphatic rings. The van der Waals surface area contributed by atoms with Crippen molar-refractivity contribution >= 4 is 58.2 Å². The first-order valence-electron chi connectivity index (χ1n) is 14.1. The average molecular weight is 597 g/mol. The van der Waals surface area contributed by atoms with Gasteiger partial charge in [0.25, 0.3) is 0 Å². The van der Waals surface area contributed by atoms with Crippen LogP contribution in [-0.4, -0.2) is 28.3 Å². The lowest BCUT2D eigenvalue weighted by Crippen LogP contribution is -2.28. The number of aromatic amines is 1. The third kappa shape index (κ3) is 7.10. The Labute approximate surface area is 256 Å². The molecule has 42 heavy (non-hydrogen) atoms. The number of halogens is 1. The van der Waals surface area contributed by atoms with E-state index in [0.717, 1.165) is 78.6 Å². The molecule has 0 amide bonds. The van der Waals surface area contributed by atoms with E-state index in [9.17, 15) is 0 Å². The Bertz CT molecular complexity index is 1740. The van der Waals surface area contributed by atoms with Gasteiger partial charge in [0.2, 0.25) is 0 Å². The summed E-state index contributed by atoms with van der Waals surface area (Å²) in [5.41, 5.74) is 8.67. The van der Waals surface area contributed by atoms with Crippen LogP contribution in [0.1, 0.15) is 43.0 Å². The van der Waals surface area contributed by atoms with E-state index in [1.165, 1.54) is 12.8 Å². The molecule has 4 N–H and O–H groups in total. The van der Waals surface area contributed by atoms with Crippen LogP contribution in [0.25, 0.3) is 34.4 Å². The molecule has 0 saturated carbocycles. The maximum atomic E-state index is 6.17. The Morgan fingerprint density at radius 2 is 1.95 bits per heavy atom. The third-order valence-electron chi connectivity index (χ3n) is 7.65. The summed E-state index contributed by atoms with van der Waals surface area (Å²) >= 11 is 7.74. The molecule has 0 aliphatic carbocycles. The summed E-state index contributed by atoms with van der Waals surface area (Å²) in [6.45, 7) is 19.1. The molecule has 4 aromatic rings. The molecule has 216 valence electrons.